The number of ether oxygens (including phenoxy) is 1. The molecule has 4 aliphatic rings. The quantitative estimate of drug-likeness (QED) is 0.246. The van der Waals surface area contributed by atoms with E-state index in [0.717, 1.165) is 32.2 Å². The minimum Gasteiger partial charge on any atom is -0.461 e. The second kappa shape index (κ2) is 10.3. The van der Waals surface area contributed by atoms with Gasteiger partial charge in [-0.05, 0) is 74.4 Å². The van der Waals surface area contributed by atoms with E-state index in [1.54, 1.807) is 24.3 Å². The van der Waals surface area contributed by atoms with Gasteiger partial charge in [0, 0.05) is 58.5 Å². The van der Waals surface area contributed by atoms with E-state index in [4.69, 9.17) is 32.9 Å². The first-order valence-corrected chi connectivity index (χ1v) is 16.0. The Kier molecular flexibility index (Phi) is 6.72. The zero-order valence-corrected chi connectivity index (χ0v) is 25.8. The highest BCUT2D eigenvalue weighted by atomic mass is 35.5. The Bertz CT molecular complexity index is 1830. The molecule has 3 aromatic carbocycles. The van der Waals surface area contributed by atoms with Gasteiger partial charge in [0.2, 0.25) is 0 Å². The van der Waals surface area contributed by atoms with Crippen LogP contribution in [0, 0.1) is 11.6 Å². The second-order valence-electron chi connectivity index (χ2n) is 13.2. The fourth-order valence-corrected chi connectivity index (χ4v) is 8.72. The van der Waals surface area contributed by atoms with Crippen LogP contribution in [0.5, 0.6) is 6.01 Å². The third kappa shape index (κ3) is 4.61. The number of benzene rings is 3. The van der Waals surface area contributed by atoms with Gasteiger partial charge in [0.25, 0.3) is 0 Å². The van der Waals surface area contributed by atoms with Gasteiger partial charge in [-0.3, -0.25) is 4.90 Å². The molecule has 4 aliphatic heterocycles. The summed E-state index contributed by atoms with van der Waals surface area (Å²) in [5, 5.41) is 5.78. The van der Waals surface area contributed by atoms with E-state index in [-0.39, 0.29) is 46.2 Å². The molecule has 0 radical (unpaired) electrons. The van der Waals surface area contributed by atoms with Crippen molar-refractivity contribution in [2.75, 3.05) is 37.7 Å². The number of nitrogens with one attached hydrogen (secondary N) is 1. The van der Waals surface area contributed by atoms with Crippen molar-refractivity contribution in [3.63, 3.8) is 0 Å². The van der Waals surface area contributed by atoms with Gasteiger partial charge in [-0.1, -0.05) is 35.3 Å². The smallest absolute Gasteiger partial charge is 0.319 e. The van der Waals surface area contributed by atoms with Crippen LogP contribution in [0.3, 0.4) is 0 Å². The molecule has 0 saturated carbocycles. The summed E-state index contributed by atoms with van der Waals surface area (Å²) >= 11 is 13.0. The summed E-state index contributed by atoms with van der Waals surface area (Å²) in [5.41, 5.74) is -0.642. The average molecular weight is 643 g/mol. The zero-order valence-electron chi connectivity index (χ0n) is 24.3. The van der Waals surface area contributed by atoms with Crippen LogP contribution < -0.4 is 15.0 Å². The average Bonchev–Trinajstić information content (AvgIpc) is 3.59. The van der Waals surface area contributed by atoms with Gasteiger partial charge in [0.15, 0.2) is 5.82 Å². The van der Waals surface area contributed by atoms with Crippen molar-refractivity contribution in [1.29, 1.82) is 0 Å². The van der Waals surface area contributed by atoms with Crippen LogP contribution in [0.4, 0.5) is 19.0 Å². The molecule has 8 rings (SSSR count). The van der Waals surface area contributed by atoms with E-state index in [0.29, 0.717) is 52.7 Å². The Morgan fingerprint density at radius 1 is 1.11 bits per heavy atom. The number of hydrogen-bond acceptors (Lipinski definition) is 6. The monoisotopic (exact) mass is 641 g/mol. The molecule has 1 aromatic heterocycles. The number of rotatable bonds is 5. The Balaban J connectivity index is 1.29. The number of halogens is 5. The topological polar surface area (TPSA) is 53.5 Å². The Hall–Kier alpha value is -2.85. The molecule has 5 heterocycles. The Morgan fingerprint density at radius 2 is 1.98 bits per heavy atom. The zero-order chi connectivity index (χ0) is 30.4. The summed E-state index contributed by atoms with van der Waals surface area (Å²) in [6.07, 6.45) is 3.27. The lowest BCUT2D eigenvalue weighted by Gasteiger charge is -2.40. The molecule has 0 amide bonds. The van der Waals surface area contributed by atoms with Crippen molar-refractivity contribution in [2.45, 2.75) is 62.3 Å². The van der Waals surface area contributed by atoms with Crippen molar-refractivity contribution in [3.8, 4) is 17.1 Å². The maximum absolute atomic E-state index is 16.8. The number of hydrogen-bond donors (Lipinski definition) is 1. The van der Waals surface area contributed by atoms with E-state index in [2.05, 4.69) is 27.0 Å². The third-order valence-electron chi connectivity index (χ3n) is 10.1. The normalized spacial score (nSPS) is 28.4. The predicted octanol–water partition coefficient (Wildman–Crippen LogP) is 7.32. The molecule has 0 spiro atoms. The second-order valence-corrected chi connectivity index (χ2v) is 14.1. The summed E-state index contributed by atoms with van der Waals surface area (Å²) in [7, 11) is 0. The van der Waals surface area contributed by atoms with Crippen molar-refractivity contribution in [1.82, 2.24) is 20.2 Å². The molecule has 2 bridgehead atoms. The molecule has 44 heavy (non-hydrogen) atoms. The molecule has 4 fully saturated rings. The highest BCUT2D eigenvalue weighted by molar-refractivity contribution is 6.38. The lowest BCUT2D eigenvalue weighted by atomic mass is 9.95. The molecule has 11 heteroatoms. The molecule has 1 N–H and O–H groups in total. The molecule has 4 atom stereocenters. The Morgan fingerprint density at radius 3 is 2.82 bits per heavy atom. The summed E-state index contributed by atoms with van der Waals surface area (Å²) in [4.78, 5) is 13.6. The van der Waals surface area contributed by atoms with E-state index in [9.17, 15) is 4.39 Å². The third-order valence-corrected chi connectivity index (χ3v) is 10.6. The van der Waals surface area contributed by atoms with Crippen molar-refractivity contribution < 1.29 is 17.9 Å². The molecule has 4 aromatic rings. The lowest BCUT2D eigenvalue weighted by molar-refractivity contribution is 0.107. The van der Waals surface area contributed by atoms with Crippen LogP contribution in [0.15, 0.2) is 36.4 Å². The van der Waals surface area contributed by atoms with E-state index in [1.165, 1.54) is 12.1 Å². The Labute approximate surface area is 263 Å². The van der Waals surface area contributed by atoms with Gasteiger partial charge in [0.1, 0.15) is 29.9 Å². The SMILES string of the molecule is C[C@]12CCC(CN(c3nc(OC[C@@]45CCCN4C[C@H](F)C5)nc4c(F)c(-c5cc(Cl)cc6cccc(Cl)c56)c(F)cc34)C1)N2. The number of anilines is 1. The summed E-state index contributed by atoms with van der Waals surface area (Å²) in [6.45, 7) is 4.83. The standard InChI is InChI=1S/C33H32Cl2F3N5O/c1-32-8-6-21(41-32)15-42(16-32)30-23-12-25(37)27(22-11-19(34)10-18-4-2-5-24(35)26(18)22)28(38)29(23)39-31(40-30)44-17-33-7-3-9-43(33)14-20(36)13-33/h2,4-5,10-12,20-21,41H,3,6-9,13-17H2,1H3/t20-,21?,32+,33+/m1/s1. The van der Waals surface area contributed by atoms with Crippen LogP contribution >= 0.6 is 23.2 Å². The molecule has 0 aliphatic carbocycles. The van der Waals surface area contributed by atoms with E-state index >= 15 is 8.78 Å². The predicted molar refractivity (Wildman–Crippen MR) is 168 cm³/mol. The number of nitrogens with zero attached hydrogens (tertiary/aromatic N) is 4. The summed E-state index contributed by atoms with van der Waals surface area (Å²) in [5.74, 6) is -1.17. The van der Waals surface area contributed by atoms with Gasteiger partial charge in [-0.2, -0.15) is 9.97 Å². The highest BCUT2D eigenvalue weighted by Gasteiger charge is 2.49. The highest BCUT2D eigenvalue weighted by Crippen LogP contribution is 2.44. The number of aromatic nitrogens is 2. The first kappa shape index (κ1) is 28.6. The van der Waals surface area contributed by atoms with Gasteiger partial charge in [-0.15, -0.1) is 0 Å². The van der Waals surface area contributed by atoms with Crippen molar-refractivity contribution >= 4 is 50.7 Å². The molecule has 6 nitrogen and oxygen atoms in total. The first-order valence-electron chi connectivity index (χ1n) is 15.2. The van der Waals surface area contributed by atoms with Crippen LogP contribution in [0.25, 0.3) is 32.8 Å². The fraction of sp³-hybridized carbons (Fsp3) is 0.455. The van der Waals surface area contributed by atoms with Crippen molar-refractivity contribution in [2.24, 2.45) is 0 Å². The van der Waals surface area contributed by atoms with E-state index in [1.807, 2.05) is 0 Å². The van der Waals surface area contributed by atoms with Crippen LogP contribution in [0.1, 0.15) is 39.0 Å². The lowest BCUT2D eigenvalue weighted by Crippen LogP contribution is -2.58. The van der Waals surface area contributed by atoms with Gasteiger partial charge in [0.05, 0.1) is 11.1 Å². The van der Waals surface area contributed by atoms with Gasteiger partial charge in [-0.25, -0.2) is 13.2 Å². The van der Waals surface area contributed by atoms with Crippen LogP contribution in [-0.4, -0.2) is 70.9 Å². The number of fused-ring (bicyclic) bond motifs is 5. The number of alkyl halides is 1. The summed E-state index contributed by atoms with van der Waals surface area (Å²) < 4.78 is 53.7. The fourth-order valence-electron chi connectivity index (χ4n) is 8.21. The van der Waals surface area contributed by atoms with Gasteiger partial charge >= 0.3 is 6.01 Å². The molecule has 230 valence electrons. The van der Waals surface area contributed by atoms with Crippen LogP contribution in [-0.2, 0) is 0 Å². The van der Waals surface area contributed by atoms with Crippen LogP contribution in [0.2, 0.25) is 10.0 Å². The first-order chi connectivity index (χ1) is 21.1. The largest absolute Gasteiger partial charge is 0.461 e. The minimum absolute atomic E-state index is 0.00231. The van der Waals surface area contributed by atoms with Gasteiger partial charge < -0.3 is 15.0 Å². The summed E-state index contributed by atoms with van der Waals surface area (Å²) in [6, 6.07) is 10.0. The molecule has 1 unspecified atom stereocenters. The molecular formula is C33H32Cl2F3N5O. The number of piperazine rings is 1. The van der Waals surface area contributed by atoms with E-state index < -0.39 is 23.3 Å². The molecular weight excluding hydrogens is 610 g/mol. The minimum atomic E-state index is -0.911. The van der Waals surface area contributed by atoms with Crippen molar-refractivity contribution in [3.05, 3.63) is 58.1 Å². The maximum Gasteiger partial charge on any atom is 0.319 e. The maximum atomic E-state index is 16.8. The molecule has 4 saturated heterocycles.